The molecule has 0 spiro atoms. The van der Waals surface area contributed by atoms with E-state index in [0.717, 1.165) is 5.56 Å². The summed E-state index contributed by atoms with van der Waals surface area (Å²) in [5.74, 6) is 0.108. The van der Waals surface area contributed by atoms with E-state index in [9.17, 15) is 4.79 Å². The van der Waals surface area contributed by atoms with Crippen LogP contribution in [0, 0.1) is 0 Å². The maximum atomic E-state index is 11.5. The van der Waals surface area contributed by atoms with Crippen molar-refractivity contribution < 1.29 is 9.53 Å². The van der Waals surface area contributed by atoms with Crippen LogP contribution in [0.3, 0.4) is 0 Å². The minimum Gasteiger partial charge on any atom is -0.490 e. The van der Waals surface area contributed by atoms with Crippen LogP contribution in [-0.4, -0.2) is 5.78 Å². The number of hydrogen-bond donors (Lipinski definition) is 0. The van der Waals surface area contributed by atoms with Crippen LogP contribution in [0.1, 0.15) is 18.9 Å². The Morgan fingerprint density at radius 2 is 1.89 bits per heavy atom. The zero-order valence-electron chi connectivity index (χ0n) is 10.2. The molecular formula is C16H14O2. The summed E-state index contributed by atoms with van der Waals surface area (Å²) < 4.78 is 5.67. The summed E-state index contributed by atoms with van der Waals surface area (Å²) in [7, 11) is 0. The van der Waals surface area contributed by atoms with Gasteiger partial charge in [-0.3, -0.25) is 4.79 Å². The third-order valence-corrected chi connectivity index (χ3v) is 3.45. The lowest BCUT2D eigenvalue weighted by atomic mass is 9.88. The molecule has 0 saturated carbocycles. The largest absolute Gasteiger partial charge is 0.490 e. The van der Waals surface area contributed by atoms with E-state index < -0.39 is 5.60 Å². The smallest absolute Gasteiger partial charge is 0.163 e. The van der Waals surface area contributed by atoms with Gasteiger partial charge >= 0.3 is 0 Å². The highest BCUT2D eigenvalue weighted by molar-refractivity contribution is 5.91. The molecule has 2 aromatic carbocycles. The van der Waals surface area contributed by atoms with Crippen LogP contribution in [0.5, 0.6) is 0 Å². The van der Waals surface area contributed by atoms with E-state index in [1.54, 1.807) is 0 Å². The van der Waals surface area contributed by atoms with Crippen LogP contribution in [0.4, 0.5) is 0 Å². The molecule has 1 atom stereocenters. The maximum Gasteiger partial charge on any atom is 0.163 e. The van der Waals surface area contributed by atoms with Crippen molar-refractivity contribution in [1.82, 2.24) is 0 Å². The molecule has 0 saturated heterocycles. The zero-order valence-corrected chi connectivity index (χ0v) is 10.2. The van der Waals surface area contributed by atoms with E-state index in [0.29, 0.717) is 6.42 Å². The molecular weight excluding hydrogens is 224 g/mol. The molecule has 0 N–H and O–H groups in total. The molecule has 0 aliphatic carbocycles. The highest BCUT2D eigenvalue weighted by atomic mass is 16.5. The highest BCUT2D eigenvalue weighted by Crippen LogP contribution is 2.34. The molecule has 0 amide bonds. The Labute approximate surface area is 106 Å². The fourth-order valence-corrected chi connectivity index (χ4v) is 2.38. The zero-order chi connectivity index (χ0) is 12.6. The molecule has 90 valence electrons. The summed E-state index contributed by atoms with van der Waals surface area (Å²) in [6, 6.07) is 14.4. The first-order chi connectivity index (χ1) is 8.67. The second kappa shape index (κ2) is 3.98. The first kappa shape index (κ1) is 11.0. The van der Waals surface area contributed by atoms with Crippen molar-refractivity contribution in [2.45, 2.75) is 18.9 Å². The molecule has 3 rings (SSSR count). The standard InChI is InChI=1S/C16H14O2/c1-16(11-15(17)8-9-18-16)14-7-6-12-4-2-3-5-13(12)10-14/h2-10H,11H2,1H3. The predicted molar refractivity (Wildman–Crippen MR) is 71.1 cm³/mol. The van der Waals surface area contributed by atoms with Gasteiger partial charge in [-0.25, -0.2) is 0 Å². The predicted octanol–water partition coefficient (Wildman–Crippen LogP) is 3.56. The van der Waals surface area contributed by atoms with Gasteiger partial charge in [-0.1, -0.05) is 36.4 Å². The Bertz CT molecular complexity index is 642. The summed E-state index contributed by atoms with van der Waals surface area (Å²) in [6.45, 7) is 1.96. The molecule has 1 aliphatic heterocycles. The number of allylic oxidation sites excluding steroid dienone is 1. The minimum atomic E-state index is -0.546. The van der Waals surface area contributed by atoms with Gasteiger partial charge < -0.3 is 4.74 Å². The van der Waals surface area contributed by atoms with Gasteiger partial charge in [-0.2, -0.15) is 0 Å². The molecule has 1 aliphatic rings. The molecule has 0 bridgehead atoms. The first-order valence-corrected chi connectivity index (χ1v) is 6.04. The second-order valence-electron chi connectivity index (χ2n) is 4.86. The van der Waals surface area contributed by atoms with Gasteiger partial charge in [0.2, 0.25) is 0 Å². The molecule has 2 aromatic rings. The van der Waals surface area contributed by atoms with Crippen LogP contribution in [0.2, 0.25) is 0 Å². The van der Waals surface area contributed by atoms with Crippen molar-refractivity contribution in [3.05, 3.63) is 60.4 Å². The average Bonchev–Trinajstić information content (AvgIpc) is 2.38. The molecule has 0 fully saturated rings. The van der Waals surface area contributed by atoms with E-state index >= 15 is 0 Å². The lowest BCUT2D eigenvalue weighted by molar-refractivity contribution is -0.122. The number of rotatable bonds is 1. The Balaban J connectivity index is 2.09. The molecule has 18 heavy (non-hydrogen) atoms. The Kier molecular flexibility index (Phi) is 2.44. The van der Waals surface area contributed by atoms with E-state index in [-0.39, 0.29) is 5.78 Å². The van der Waals surface area contributed by atoms with E-state index in [2.05, 4.69) is 24.3 Å². The number of hydrogen-bond acceptors (Lipinski definition) is 2. The summed E-state index contributed by atoms with van der Waals surface area (Å²) in [6.07, 6.45) is 3.38. The SMILES string of the molecule is CC1(c2ccc3ccccc3c2)CC(=O)C=CO1. The van der Waals surface area contributed by atoms with Crippen LogP contribution < -0.4 is 0 Å². The summed E-state index contributed by atoms with van der Waals surface area (Å²) in [5, 5.41) is 2.37. The normalized spacial score (nSPS) is 23.1. The summed E-state index contributed by atoms with van der Waals surface area (Å²) in [4.78, 5) is 11.5. The van der Waals surface area contributed by atoms with Gasteiger partial charge in [0.05, 0.1) is 12.7 Å². The fraction of sp³-hybridized carbons (Fsp3) is 0.188. The third-order valence-electron chi connectivity index (χ3n) is 3.45. The van der Waals surface area contributed by atoms with Crippen molar-refractivity contribution in [3.63, 3.8) is 0 Å². The molecule has 1 unspecified atom stereocenters. The number of ketones is 1. The summed E-state index contributed by atoms with van der Waals surface area (Å²) in [5.41, 5.74) is 0.495. The Hall–Kier alpha value is -2.09. The number of fused-ring (bicyclic) bond motifs is 1. The van der Waals surface area contributed by atoms with Gasteiger partial charge in [-0.05, 0) is 29.3 Å². The van der Waals surface area contributed by atoms with Gasteiger partial charge in [0.1, 0.15) is 5.60 Å². The van der Waals surface area contributed by atoms with Gasteiger partial charge in [-0.15, -0.1) is 0 Å². The lowest BCUT2D eigenvalue weighted by Crippen LogP contribution is -2.29. The van der Waals surface area contributed by atoms with Crippen molar-refractivity contribution >= 4 is 16.6 Å². The van der Waals surface area contributed by atoms with Crippen LogP contribution in [0.25, 0.3) is 10.8 Å². The topological polar surface area (TPSA) is 26.3 Å². The monoisotopic (exact) mass is 238 g/mol. The fourth-order valence-electron chi connectivity index (χ4n) is 2.38. The van der Waals surface area contributed by atoms with Crippen molar-refractivity contribution in [1.29, 1.82) is 0 Å². The van der Waals surface area contributed by atoms with Gasteiger partial charge in [0.25, 0.3) is 0 Å². The van der Waals surface area contributed by atoms with Crippen molar-refractivity contribution in [2.75, 3.05) is 0 Å². The third kappa shape index (κ3) is 1.80. The number of ether oxygens (including phenoxy) is 1. The van der Waals surface area contributed by atoms with Crippen LogP contribution in [0.15, 0.2) is 54.8 Å². The molecule has 0 aromatic heterocycles. The first-order valence-electron chi connectivity index (χ1n) is 6.04. The number of benzene rings is 2. The van der Waals surface area contributed by atoms with Crippen LogP contribution in [-0.2, 0) is 15.1 Å². The van der Waals surface area contributed by atoms with Gasteiger partial charge in [0.15, 0.2) is 5.78 Å². The quantitative estimate of drug-likeness (QED) is 0.759. The van der Waals surface area contributed by atoms with Crippen molar-refractivity contribution in [3.8, 4) is 0 Å². The van der Waals surface area contributed by atoms with Gasteiger partial charge in [0, 0.05) is 6.08 Å². The van der Waals surface area contributed by atoms with E-state index in [1.165, 1.54) is 23.1 Å². The van der Waals surface area contributed by atoms with E-state index in [4.69, 9.17) is 4.74 Å². The molecule has 0 radical (unpaired) electrons. The number of carbonyl (C=O) groups is 1. The Morgan fingerprint density at radius 3 is 2.67 bits per heavy atom. The molecule has 2 nitrogen and oxygen atoms in total. The maximum absolute atomic E-state index is 11.5. The molecule has 2 heteroatoms. The van der Waals surface area contributed by atoms with Crippen molar-refractivity contribution in [2.24, 2.45) is 0 Å². The number of carbonyl (C=O) groups excluding carboxylic acids is 1. The molecule has 1 heterocycles. The van der Waals surface area contributed by atoms with Crippen LogP contribution >= 0.6 is 0 Å². The Morgan fingerprint density at radius 1 is 1.11 bits per heavy atom. The van der Waals surface area contributed by atoms with E-state index in [1.807, 2.05) is 25.1 Å². The minimum absolute atomic E-state index is 0.108. The second-order valence-corrected chi connectivity index (χ2v) is 4.86. The lowest BCUT2D eigenvalue weighted by Gasteiger charge is -2.31. The highest BCUT2D eigenvalue weighted by Gasteiger charge is 2.32. The average molecular weight is 238 g/mol. The summed E-state index contributed by atoms with van der Waals surface area (Å²) >= 11 is 0.